The second-order valence-corrected chi connectivity index (χ2v) is 7.53. The van der Waals surface area contributed by atoms with E-state index in [2.05, 4.69) is 26.5 Å². The summed E-state index contributed by atoms with van der Waals surface area (Å²) < 4.78 is 12.0. The highest BCUT2D eigenvalue weighted by Gasteiger charge is 2.12. The van der Waals surface area contributed by atoms with Crippen LogP contribution in [0.5, 0.6) is 11.5 Å². The summed E-state index contributed by atoms with van der Waals surface area (Å²) in [6, 6.07) is 17.8. The fraction of sp³-hybridized carbons (Fsp3) is 0.0909. The highest BCUT2D eigenvalue weighted by Crippen LogP contribution is 2.36. The van der Waals surface area contributed by atoms with Crippen molar-refractivity contribution in [3.63, 3.8) is 0 Å². The van der Waals surface area contributed by atoms with Crippen LogP contribution in [0.3, 0.4) is 0 Å². The van der Waals surface area contributed by atoms with Crippen molar-refractivity contribution in [2.75, 3.05) is 12.8 Å². The van der Waals surface area contributed by atoms with Crippen LogP contribution in [-0.2, 0) is 6.61 Å². The van der Waals surface area contributed by atoms with E-state index in [4.69, 9.17) is 26.8 Å². The fourth-order valence-corrected chi connectivity index (χ4v) is 3.32. The Kier molecular flexibility index (Phi) is 7.32. The quantitative estimate of drug-likeness (QED) is 0.277. The number of carbonyl (C=O) groups is 1. The van der Waals surface area contributed by atoms with Crippen LogP contribution in [0.4, 0.5) is 5.69 Å². The topological polar surface area (TPSA) is 85.9 Å². The first-order valence-corrected chi connectivity index (χ1v) is 10.1. The van der Waals surface area contributed by atoms with Crippen molar-refractivity contribution in [2.45, 2.75) is 6.61 Å². The summed E-state index contributed by atoms with van der Waals surface area (Å²) in [5.41, 5.74) is 10.7. The third kappa shape index (κ3) is 5.52. The molecular formula is C22H19BrClN3O3. The van der Waals surface area contributed by atoms with E-state index >= 15 is 0 Å². The SMILES string of the molecule is COc1cc(/C=N\NC(=O)c2ccccc2N)cc(Br)c1OCc1ccc(Cl)cc1. The number of amides is 1. The second-order valence-electron chi connectivity index (χ2n) is 6.24. The van der Waals surface area contributed by atoms with E-state index in [1.54, 1.807) is 37.4 Å². The number of hydrazone groups is 1. The Labute approximate surface area is 187 Å². The molecule has 3 N–H and O–H groups in total. The molecule has 0 aliphatic rings. The molecule has 0 heterocycles. The summed E-state index contributed by atoms with van der Waals surface area (Å²) in [5.74, 6) is 0.697. The lowest BCUT2D eigenvalue weighted by Crippen LogP contribution is -2.19. The molecule has 6 nitrogen and oxygen atoms in total. The van der Waals surface area contributed by atoms with Gasteiger partial charge >= 0.3 is 0 Å². The van der Waals surface area contributed by atoms with Gasteiger partial charge in [0, 0.05) is 10.7 Å². The van der Waals surface area contributed by atoms with Gasteiger partial charge in [0.2, 0.25) is 0 Å². The normalized spacial score (nSPS) is 10.8. The number of nitrogen functional groups attached to an aromatic ring is 1. The predicted octanol–water partition coefficient (Wildman–Crippen LogP) is 5.04. The van der Waals surface area contributed by atoms with E-state index in [1.165, 1.54) is 6.21 Å². The smallest absolute Gasteiger partial charge is 0.273 e. The molecule has 0 fully saturated rings. The summed E-state index contributed by atoms with van der Waals surface area (Å²) in [7, 11) is 1.55. The van der Waals surface area contributed by atoms with Crippen molar-refractivity contribution in [1.29, 1.82) is 0 Å². The monoisotopic (exact) mass is 487 g/mol. The Morgan fingerprint density at radius 1 is 1.20 bits per heavy atom. The molecule has 3 aromatic rings. The van der Waals surface area contributed by atoms with Crippen LogP contribution in [0.15, 0.2) is 70.2 Å². The lowest BCUT2D eigenvalue weighted by Gasteiger charge is -2.13. The van der Waals surface area contributed by atoms with E-state index in [1.807, 2.05) is 30.3 Å². The summed E-state index contributed by atoms with van der Waals surface area (Å²) in [4.78, 5) is 12.2. The second kappa shape index (κ2) is 10.1. The van der Waals surface area contributed by atoms with Crippen molar-refractivity contribution >= 4 is 45.3 Å². The maximum Gasteiger partial charge on any atom is 0.273 e. The summed E-state index contributed by atoms with van der Waals surface area (Å²) in [6.07, 6.45) is 1.51. The number of nitrogens with two attached hydrogens (primary N) is 1. The zero-order chi connectivity index (χ0) is 21.5. The van der Waals surface area contributed by atoms with Gasteiger partial charge in [0.1, 0.15) is 6.61 Å². The first-order valence-electron chi connectivity index (χ1n) is 8.90. The van der Waals surface area contributed by atoms with E-state index in [0.717, 1.165) is 5.56 Å². The number of nitrogens with one attached hydrogen (secondary N) is 1. The summed E-state index contributed by atoms with van der Waals surface area (Å²) in [6.45, 7) is 0.355. The van der Waals surface area contributed by atoms with Gasteiger partial charge in [-0.25, -0.2) is 5.43 Å². The summed E-state index contributed by atoms with van der Waals surface area (Å²) >= 11 is 9.41. The van der Waals surface area contributed by atoms with E-state index in [9.17, 15) is 4.79 Å². The average Bonchev–Trinajstić information content (AvgIpc) is 2.74. The molecule has 0 spiro atoms. The van der Waals surface area contributed by atoms with Crippen LogP contribution in [0.2, 0.25) is 5.02 Å². The van der Waals surface area contributed by atoms with Gasteiger partial charge in [-0.3, -0.25) is 4.79 Å². The van der Waals surface area contributed by atoms with Crippen LogP contribution in [0.25, 0.3) is 0 Å². The number of carbonyl (C=O) groups excluding carboxylic acids is 1. The van der Waals surface area contributed by atoms with Gasteiger partial charge in [0.05, 0.1) is 23.4 Å². The Morgan fingerprint density at radius 2 is 1.93 bits per heavy atom. The number of rotatable bonds is 7. The molecule has 0 aliphatic carbocycles. The molecule has 0 unspecified atom stereocenters. The number of halogens is 2. The van der Waals surface area contributed by atoms with Crippen LogP contribution < -0.4 is 20.6 Å². The zero-order valence-corrected chi connectivity index (χ0v) is 18.4. The highest BCUT2D eigenvalue weighted by atomic mass is 79.9. The standard InChI is InChI=1S/C22H19BrClN3O3/c1-29-20-11-15(12-26-27-22(28)17-4-2-3-5-19(17)25)10-18(23)21(20)30-13-14-6-8-16(24)9-7-14/h2-12H,13,25H2,1H3,(H,27,28)/b26-12-. The van der Waals surface area contributed by atoms with Crippen LogP contribution in [0.1, 0.15) is 21.5 Å². The number of hydrogen-bond donors (Lipinski definition) is 2. The Bertz CT molecular complexity index is 1070. The number of methoxy groups -OCH3 is 1. The average molecular weight is 489 g/mol. The molecule has 1 amide bonds. The number of para-hydroxylation sites is 1. The molecule has 154 valence electrons. The zero-order valence-electron chi connectivity index (χ0n) is 16.1. The number of hydrogen-bond acceptors (Lipinski definition) is 5. The molecule has 0 saturated carbocycles. The van der Waals surface area contributed by atoms with Crippen LogP contribution >= 0.6 is 27.5 Å². The largest absolute Gasteiger partial charge is 0.493 e. The molecule has 0 radical (unpaired) electrons. The lowest BCUT2D eigenvalue weighted by molar-refractivity contribution is 0.0956. The molecule has 3 rings (SSSR count). The molecular weight excluding hydrogens is 470 g/mol. The number of nitrogens with zero attached hydrogens (tertiary/aromatic N) is 1. The number of anilines is 1. The minimum absolute atomic E-state index is 0.355. The van der Waals surface area contributed by atoms with Gasteiger partial charge in [-0.2, -0.15) is 5.10 Å². The van der Waals surface area contributed by atoms with Crippen molar-refractivity contribution in [1.82, 2.24) is 5.43 Å². The highest BCUT2D eigenvalue weighted by molar-refractivity contribution is 9.10. The molecule has 8 heteroatoms. The number of benzene rings is 3. The van der Waals surface area contributed by atoms with E-state index in [0.29, 0.717) is 44.4 Å². The van der Waals surface area contributed by atoms with Crippen molar-refractivity contribution in [2.24, 2.45) is 5.10 Å². The Balaban J connectivity index is 1.70. The van der Waals surface area contributed by atoms with Crippen molar-refractivity contribution in [3.05, 3.63) is 86.8 Å². The molecule has 0 aliphatic heterocycles. The van der Waals surface area contributed by atoms with Gasteiger partial charge < -0.3 is 15.2 Å². The number of ether oxygens (including phenoxy) is 2. The van der Waals surface area contributed by atoms with Gasteiger partial charge in [0.25, 0.3) is 5.91 Å². The van der Waals surface area contributed by atoms with Gasteiger partial charge in [-0.1, -0.05) is 35.9 Å². The molecule has 30 heavy (non-hydrogen) atoms. The lowest BCUT2D eigenvalue weighted by atomic mass is 10.2. The minimum Gasteiger partial charge on any atom is -0.493 e. The van der Waals surface area contributed by atoms with Gasteiger partial charge in [-0.05, 0) is 63.5 Å². The molecule has 0 bridgehead atoms. The maximum absolute atomic E-state index is 12.2. The third-order valence-electron chi connectivity index (χ3n) is 4.13. The van der Waals surface area contributed by atoms with Gasteiger partial charge in [-0.15, -0.1) is 0 Å². The first-order chi connectivity index (χ1) is 14.5. The van der Waals surface area contributed by atoms with Gasteiger partial charge in [0.15, 0.2) is 11.5 Å². The van der Waals surface area contributed by atoms with Crippen LogP contribution in [-0.4, -0.2) is 19.2 Å². The van der Waals surface area contributed by atoms with E-state index < -0.39 is 5.91 Å². The molecule has 3 aromatic carbocycles. The van der Waals surface area contributed by atoms with E-state index in [-0.39, 0.29) is 0 Å². The summed E-state index contributed by atoms with van der Waals surface area (Å²) in [5, 5.41) is 4.67. The minimum atomic E-state index is -0.390. The maximum atomic E-state index is 12.2. The Morgan fingerprint density at radius 3 is 2.63 bits per heavy atom. The van der Waals surface area contributed by atoms with Crippen molar-refractivity contribution in [3.8, 4) is 11.5 Å². The molecule has 0 saturated heterocycles. The molecule has 0 aromatic heterocycles. The Hall–Kier alpha value is -3.03. The predicted molar refractivity (Wildman–Crippen MR) is 122 cm³/mol. The first kappa shape index (κ1) is 21.7. The fourth-order valence-electron chi connectivity index (χ4n) is 2.62. The van der Waals surface area contributed by atoms with Crippen molar-refractivity contribution < 1.29 is 14.3 Å². The molecule has 0 atom stereocenters. The van der Waals surface area contributed by atoms with Crippen LogP contribution in [0, 0.1) is 0 Å². The third-order valence-corrected chi connectivity index (χ3v) is 4.97.